The van der Waals surface area contributed by atoms with Crippen LogP contribution in [0, 0.1) is 0 Å². The Bertz CT molecular complexity index is 666. The van der Waals surface area contributed by atoms with Gasteiger partial charge in [-0.2, -0.15) is 0 Å². The average Bonchev–Trinajstić information content (AvgIpc) is 3.10. The van der Waals surface area contributed by atoms with Gasteiger partial charge >= 0.3 is 11.8 Å². The maximum absolute atomic E-state index is 11.7. The zero-order valence-electron chi connectivity index (χ0n) is 13.7. The van der Waals surface area contributed by atoms with Crippen molar-refractivity contribution in [3.63, 3.8) is 0 Å². The van der Waals surface area contributed by atoms with Gasteiger partial charge < -0.3 is 25.1 Å². The second kappa shape index (κ2) is 8.16. The van der Waals surface area contributed by atoms with Crippen molar-refractivity contribution in [2.45, 2.75) is 12.6 Å². The molecule has 0 unspecified atom stereocenters. The smallest absolute Gasteiger partial charge is 0.309 e. The van der Waals surface area contributed by atoms with E-state index in [1.807, 2.05) is 31.1 Å². The fourth-order valence-electron chi connectivity index (χ4n) is 2.04. The normalized spacial score (nSPS) is 11.6. The van der Waals surface area contributed by atoms with Crippen LogP contribution < -0.4 is 15.5 Å². The van der Waals surface area contributed by atoms with Gasteiger partial charge in [-0.25, -0.2) is 0 Å². The first-order chi connectivity index (χ1) is 11.5. The van der Waals surface area contributed by atoms with Crippen LogP contribution in [0.1, 0.15) is 17.4 Å². The Labute approximate surface area is 140 Å². The standard InChI is InChI=1S/C17H21N3O4/c1-20(2)13-7-5-12(6-8-13)15(21)11-19-17(23)16(22)18-10-14-4-3-9-24-14/h3-9,15,21H,10-11H2,1-2H3,(H,18,22)(H,19,23)/t15-/m0/s1. The number of benzene rings is 1. The Kier molecular flexibility index (Phi) is 5.97. The Morgan fingerprint density at radius 1 is 1.12 bits per heavy atom. The first-order valence-electron chi connectivity index (χ1n) is 7.51. The number of carbonyl (C=O) groups excluding carboxylic acids is 2. The lowest BCUT2D eigenvalue weighted by atomic mass is 10.1. The molecule has 0 aliphatic carbocycles. The monoisotopic (exact) mass is 331 g/mol. The van der Waals surface area contributed by atoms with Crippen molar-refractivity contribution in [1.29, 1.82) is 0 Å². The molecule has 0 saturated heterocycles. The van der Waals surface area contributed by atoms with E-state index < -0.39 is 17.9 Å². The molecule has 2 aromatic rings. The molecule has 128 valence electrons. The van der Waals surface area contributed by atoms with Gasteiger partial charge in [0, 0.05) is 26.3 Å². The maximum Gasteiger partial charge on any atom is 0.309 e. The second-order valence-electron chi connectivity index (χ2n) is 5.47. The molecule has 2 rings (SSSR count). The zero-order valence-corrected chi connectivity index (χ0v) is 13.7. The maximum atomic E-state index is 11.7. The summed E-state index contributed by atoms with van der Waals surface area (Å²) in [6, 6.07) is 10.7. The van der Waals surface area contributed by atoms with E-state index in [-0.39, 0.29) is 13.1 Å². The van der Waals surface area contributed by atoms with Gasteiger partial charge in [0.05, 0.1) is 18.9 Å². The summed E-state index contributed by atoms with van der Waals surface area (Å²) < 4.78 is 5.06. The molecule has 7 heteroatoms. The first kappa shape index (κ1) is 17.6. The second-order valence-corrected chi connectivity index (χ2v) is 5.47. The highest BCUT2D eigenvalue weighted by atomic mass is 16.3. The van der Waals surface area contributed by atoms with Crippen LogP contribution in [-0.2, 0) is 16.1 Å². The zero-order chi connectivity index (χ0) is 17.5. The minimum Gasteiger partial charge on any atom is -0.467 e. The van der Waals surface area contributed by atoms with E-state index in [0.717, 1.165) is 5.69 Å². The van der Waals surface area contributed by atoms with Crippen LogP contribution in [0.15, 0.2) is 47.1 Å². The van der Waals surface area contributed by atoms with E-state index in [2.05, 4.69) is 10.6 Å². The Morgan fingerprint density at radius 2 is 1.79 bits per heavy atom. The lowest BCUT2D eigenvalue weighted by molar-refractivity contribution is -0.139. The molecule has 0 aliphatic rings. The highest BCUT2D eigenvalue weighted by Crippen LogP contribution is 2.17. The predicted octanol–water partition coefficient (Wildman–Crippen LogP) is 0.812. The molecule has 0 bridgehead atoms. The Morgan fingerprint density at radius 3 is 2.38 bits per heavy atom. The number of aliphatic hydroxyl groups excluding tert-OH is 1. The van der Waals surface area contributed by atoms with Crippen LogP contribution in [0.2, 0.25) is 0 Å². The molecule has 1 heterocycles. The summed E-state index contributed by atoms with van der Waals surface area (Å²) in [5, 5.41) is 14.9. The summed E-state index contributed by atoms with van der Waals surface area (Å²) in [5.41, 5.74) is 1.67. The van der Waals surface area contributed by atoms with Crippen molar-refractivity contribution in [2.24, 2.45) is 0 Å². The van der Waals surface area contributed by atoms with Crippen molar-refractivity contribution in [3.8, 4) is 0 Å². The molecule has 1 aromatic heterocycles. The molecular weight excluding hydrogens is 310 g/mol. The van der Waals surface area contributed by atoms with Crippen LogP contribution in [0.5, 0.6) is 0 Å². The van der Waals surface area contributed by atoms with Gasteiger partial charge in [-0.3, -0.25) is 9.59 Å². The number of hydrogen-bond acceptors (Lipinski definition) is 5. The molecule has 0 fully saturated rings. The van der Waals surface area contributed by atoms with E-state index in [0.29, 0.717) is 11.3 Å². The van der Waals surface area contributed by atoms with E-state index in [4.69, 9.17) is 4.42 Å². The molecule has 2 amide bonds. The van der Waals surface area contributed by atoms with E-state index in [9.17, 15) is 14.7 Å². The number of nitrogens with zero attached hydrogens (tertiary/aromatic N) is 1. The van der Waals surface area contributed by atoms with Crippen molar-refractivity contribution in [3.05, 3.63) is 54.0 Å². The highest BCUT2D eigenvalue weighted by molar-refractivity contribution is 6.35. The fraction of sp³-hybridized carbons (Fsp3) is 0.294. The Balaban J connectivity index is 1.78. The summed E-state index contributed by atoms with van der Waals surface area (Å²) in [6.07, 6.45) is 0.600. The molecule has 24 heavy (non-hydrogen) atoms. The van der Waals surface area contributed by atoms with Crippen LogP contribution in [-0.4, -0.2) is 37.6 Å². The van der Waals surface area contributed by atoms with E-state index >= 15 is 0 Å². The minimum absolute atomic E-state index is 0.0473. The van der Waals surface area contributed by atoms with Gasteiger partial charge in [0.15, 0.2) is 0 Å². The number of carbonyl (C=O) groups is 2. The van der Waals surface area contributed by atoms with Crippen LogP contribution >= 0.6 is 0 Å². The van der Waals surface area contributed by atoms with Gasteiger partial charge in [0.2, 0.25) is 0 Å². The number of rotatable bonds is 6. The topological polar surface area (TPSA) is 94.8 Å². The lowest BCUT2D eigenvalue weighted by Crippen LogP contribution is -2.41. The molecular formula is C17H21N3O4. The third-order valence-corrected chi connectivity index (χ3v) is 3.46. The van der Waals surface area contributed by atoms with Crippen LogP contribution in [0.25, 0.3) is 0 Å². The van der Waals surface area contributed by atoms with Crippen LogP contribution in [0.3, 0.4) is 0 Å². The van der Waals surface area contributed by atoms with Crippen molar-refractivity contribution in [1.82, 2.24) is 10.6 Å². The van der Waals surface area contributed by atoms with Crippen molar-refractivity contribution in [2.75, 3.05) is 25.5 Å². The number of anilines is 1. The SMILES string of the molecule is CN(C)c1ccc([C@@H](O)CNC(=O)C(=O)NCc2ccco2)cc1. The third kappa shape index (κ3) is 4.85. The van der Waals surface area contributed by atoms with Gasteiger partial charge in [-0.15, -0.1) is 0 Å². The highest BCUT2D eigenvalue weighted by Gasteiger charge is 2.16. The lowest BCUT2D eigenvalue weighted by Gasteiger charge is -2.15. The summed E-state index contributed by atoms with van der Waals surface area (Å²) in [7, 11) is 3.85. The predicted molar refractivity (Wildman–Crippen MR) is 89.3 cm³/mol. The Hall–Kier alpha value is -2.80. The van der Waals surface area contributed by atoms with Gasteiger partial charge in [-0.05, 0) is 29.8 Å². The molecule has 0 aliphatic heterocycles. The molecule has 7 nitrogen and oxygen atoms in total. The first-order valence-corrected chi connectivity index (χ1v) is 7.51. The quantitative estimate of drug-likeness (QED) is 0.681. The average molecular weight is 331 g/mol. The molecule has 1 aromatic carbocycles. The molecule has 0 radical (unpaired) electrons. The largest absolute Gasteiger partial charge is 0.467 e. The van der Waals surface area contributed by atoms with Crippen molar-refractivity contribution < 1.29 is 19.1 Å². The summed E-state index contributed by atoms with van der Waals surface area (Å²) in [6.45, 7) is 0.0854. The molecule has 1 atom stereocenters. The van der Waals surface area contributed by atoms with Gasteiger partial charge in [0.1, 0.15) is 5.76 Å². The fourth-order valence-corrected chi connectivity index (χ4v) is 2.04. The summed E-state index contributed by atoms with van der Waals surface area (Å²) >= 11 is 0. The minimum atomic E-state index is -0.886. The van der Waals surface area contributed by atoms with E-state index in [1.54, 1.807) is 24.3 Å². The van der Waals surface area contributed by atoms with Gasteiger partial charge in [0.25, 0.3) is 0 Å². The summed E-state index contributed by atoms with van der Waals surface area (Å²) in [5.74, 6) is -1.02. The molecule has 3 N–H and O–H groups in total. The number of hydrogen-bond donors (Lipinski definition) is 3. The van der Waals surface area contributed by atoms with E-state index in [1.165, 1.54) is 6.26 Å². The summed E-state index contributed by atoms with van der Waals surface area (Å²) in [4.78, 5) is 25.3. The van der Waals surface area contributed by atoms with Crippen molar-refractivity contribution >= 4 is 17.5 Å². The third-order valence-electron chi connectivity index (χ3n) is 3.46. The number of amides is 2. The molecule has 0 saturated carbocycles. The van der Waals surface area contributed by atoms with Gasteiger partial charge in [-0.1, -0.05) is 12.1 Å². The number of furan rings is 1. The number of nitrogens with one attached hydrogen (secondary N) is 2. The van der Waals surface area contributed by atoms with Crippen LogP contribution in [0.4, 0.5) is 5.69 Å². The molecule has 0 spiro atoms. The number of aliphatic hydroxyl groups is 1.